The van der Waals surface area contributed by atoms with E-state index in [4.69, 9.17) is 9.84 Å². The number of hydrogen-bond acceptors (Lipinski definition) is 4. The van der Waals surface area contributed by atoms with Crippen LogP contribution in [-0.4, -0.2) is 33.0 Å². The summed E-state index contributed by atoms with van der Waals surface area (Å²) in [5, 5.41) is 8.59. The van der Waals surface area contributed by atoms with E-state index in [9.17, 15) is 9.59 Å². The lowest BCUT2D eigenvalue weighted by atomic mass is 9.83. The van der Waals surface area contributed by atoms with Crippen molar-refractivity contribution in [2.24, 2.45) is 0 Å². The third kappa shape index (κ3) is 5.03. The average molecular weight is 343 g/mol. The zero-order chi connectivity index (χ0) is 18.7. The molecule has 0 saturated carbocycles. The van der Waals surface area contributed by atoms with E-state index >= 15 is 0 Å². The van der Waals surface area contributed by atoms with Crippen LogP contribution in [-0.2, 0) is 20.9 Å². The van der Waals surface area contributed by atoms with Gasteiger partial charge in [0, 0.05) is 36.2 Å². The number of carboxylic acids is 1. The lowest BCUT2D eigenvalue weighted by molar-refractivity contribution is -0.136. The van der Waals surface area contributed by atoms with Crippen molar-refractivity contribution >= 4 is 11.9 Å². The Hall–Kier alpha value is -2.40. The number of nitrogens with zero attached hydrogens (tertiary/aromatic N) is 1. The van der Waals surface area contributed by atoms with Crippen LogP contribution in [0.1, 0.15) is 39.7 Å². The van der Waals surface area contributed by atoms with Gasteiger partial charge in [-0.3, -0.25) is 4.90 Å². The number of esters is 1. The number of carboxylic acid groups (broad SMARTS) is 1. The minimum absolute atomic E-state index is 0.222. The fourth-order valence-electron chi connectivity index (χ4n) is 3.38. The average Bonchev–Trinajstić information content (AvgIpc) is 2.49. The molecule has 1 aromatic rings. The van der Waals surface area contributed by atoms with E-state index in [1.807, 2.05) is 24.3 Å². The summed E-state index contributed by atoms with van der Waals surface area (Å²) < 4.78 is 5.36. The first-order valence-corrected chi connectivity index (χ1v) is 8.26. The number of carbonyl (C=O) groups excluding carboxylic acids is 1. The summed E-state index contributed by atoms with van der Waals surface area (Å²) in [6.45, 7) is 9.18. The third-order valence-electron chi connectivity index (χ3n) is 4.32. The Morgan fingerprint density at radius 2 is 1.80 bits per heavy atom. The smallest absolute Gasteiger partial charge is 0.336 e. The summed E-state index contributed by atoms with van der Waals surface area (Å²) in [5.74, 6) is -1.28. The Kier molecular flexibility index (Phi) is 5.48. The van der Waals surface area contributed by atoms with Crippen LogP contribution >= 0.6 is 0 Å². The van der Waals surface area contributed by atoms with Crippen LogP contribution in [0.2, 0.25) is 0 Å². The minimum Gasteiger partial charge on any atom is -0.478 e. The molecule has 0 bridgehead atoms. The Morgan fingerprint density at radius 1 is 1.16 bits per heavy atom. The SMILES string of the molecule is CC1(C)C=C(OC(=O)/C=C\C(=O)O)CC(C)(C)N1Cc1ccccc1. The van der Waals surface area contributed by atoms with Crippen LogP contribution in [0.4, 0.5) is 0 Å². The van der Waals surface area contributed by atoms with E-state index in [1.165, 1.54) is 5.56 Å². The molecule has 1 aliphatic rings. The van der Waals surface area contributed by atoms with Crippen LogP contribution in [0.3, 0.4) is 0 Å². The van der Waals surface area contributed by atoms with Gasteiger partial charge in [-0.25, -0.2) is 9.59 Å². The molecule has 1 aliphatic heterocycles. The fraction of sp³-hybridized carbons (Fsp3) is 0.400. The molecule has 1 heterocycles. The fourth-order valence-corrected chi connectivity index (χ4v) is 3.38. The van der Waals surface area contributed by atoms with Gasteiger partial charge >= 0.3 is 11.9 Å². The molecular weight excluding hydrogens is 318 g/mol. The van der Waals surface area contributed by atoms with Gasteiger partial charge in [-0.05, 0) is 39.3 Å². The van der Waals surface area contributed by atoms with Crippen molar-refractivity contribution in [1.82, 2.24) is 4.90 Å². The Balaban J connectivity index is 2.20. The molecule has 0 aromatic heterocycles. The molecule has 1 aromatic carbocycles. The number of aliphatic carboxylic acids is 1. The monoisotopic (exact) mass is 343 g/mol. The molecule has 0 saturated heterocycles. The molecule has 0 spiro atoms. The first-order valence-electron chi connectivity index (χ1n) is 8.26. The molecule has 1 N–H and O–H groups in total. The quantitative estimate of drug-likeness (QED) is 0.654. The van der Waals surface area contributed by atoms with Crippen LogP contribution in [0.5, 0.6) is 0 Å². The van der Waals surface area contributed by atoms with Gasteiger partial charge in [-0.15, -0.1) is 0 Å². The zero-order valence-electron chi connectivity index (χ0n) is 15.2. The minimum atomic E-state index is -1.18. The number of hydrogen-bond donors (Lipinski definition) is 1. The molecule has 0 amide bonds. The molecule has 5 nitrogen and oxygen atoms in total. The van der Waals surface area contributed by atoms with Gasteiger partial charge in [0.2, 0.25) is 0 Å². The standard InChI is InChI=1S/C20H25NO4/c1-19(2)12-16(25-18(24)11-10-17(22)23)13-20(3,4)21(19)14-15-8-6-5-7-9-15/h5-12H,13-14H2,1-4H3,(H,22,23)/b11-10-. The Labute approximate surface area is 148 Å². The summed E-state index contributed by atoms with van der Waals surface area (Å²) in [6.07, 6.45) is 4.22. The summed E-state index contributed by atoms with van der Waals surface area (Å²) in [5.41, 5.74) is 0.686. The maximum Gasteiger partial charge on any atom is 0.336 e. The topological polar surface area (TPSA) is 66.8 Å². The van der Waals surface area contributed by atoms with E-state index in [1.54, 1.807) is 0 Å². The molecule has 0 atom stereocenters. The number of benzene rings is 1. The highest BCUT2D eigenvalue weighted by Crippen LogP contribution is 2.38. The van der Waals surface area contributed by atoms with E-state index in [0.29, 0.717) is 12.2 Å². The lowest BCUT2D eigenvalue weighted by Crippen LogP contribution is -2.57. The normalized spacial score (nSPS) is 19.4. The maximum atomic E-state index is 11.8. The molecular formula is C20H25NO4. The van der Waals surface area contributed by atoms with Gasteiger partial charge in [-0.2, -0.15) is 0 Å². The van der Waals surface area contributed by atoms with Crippen molar-refractivity contribution in [3.8, 4) is 0 Å². The largest absolute Gasteiger partial charge is 0.478 e. The van der Waals surface area contributed by atoms with Crippen LogP contribution < -0.4 is 0 Å². The highest BCUT2D eigenvalue weighted by molar-refractivity contribution is 5.91. The summed E-state index contributed by atoms with van der Waals surface area (Å²) in [4.78, 5) is 24.7. The van der Waals surface area contributed by atoms with E-state index < -0.39 is 11.9 Å². The predicted molar refractivity (Wildman–Crippen MR) is 95.7 cm³/mol. The van der Waals surface area contributed by atoms with Crippen LogP contribution in [0.25, 0.3) is 0 Å². The molecule has 0 fully saturated rings. The Morgan fingerprint density at radius 3 is 2.36 bits per heavy atom. The molecule has 0 unspecified atom stereocenters. The molecule has 25 heavy (non-hydrogen) atoms. The van der Waals surface area contributed by atoms with Gasteiger partial charge in [0.15, 0.2) is 0 Å². The highest BCUT2D eigenvalue weighted by Gasteiger charge is 2.42. The van der Waals surface area contributed by atoms with Gasteiger partial charge < -0.3 is 9.84 Å². The van der Waals surface area contributed by atoms with Crippen molar-refractivity contribution in [3.63, 3.8) is 0 Å². The second-order valence-corrected chi connectivity index (χ2v) is 7.42. The Bertz CT molecular complexity index is 702. The first-order chi connectivity index (χ1) is 11.6. The van der Waals surface area contributed by atoms with Gasteiger partial charge in [-0.1, -0.05) is 30.3 Å². The van der Waals surface area contributed by atoms with Crippen molar-refractivity contribution < 1.29 is 19.4 Å². The summed E-state index contributed by atoms with van der Waals surface area (Å²) in [7, 11) is 0. The van der Waals surface area contributed by atoms with Crippen molar-refractivity contribution in [2.45, 2.75) is 51.7 Å². The molecule has 134 valence electrons. The van der Waals surface area contributed by atoms with Crippen molar-refractivity contribution in [2.75, 3.05) is 0 Å². The predicted octanol–water partition coefficient (Wildman–Crippen LogP) is 3.52. The first kappa shape index (κ1) is 18.9. The van der Waals surface area contributed by atoms with E-state index in [2.05, 4.69) is 44.7 Å². The van der Waals surface area contributed by atoms with E-state index in [-0.39, 0.29) is 11.1 Å². The van der Waals surface area contributed by atoms with Crippen molar-refractivity contribution in [3.05, 3.63) is 59.9 Å². The molecule has 2 rings (SSSR count). The third-order valence-corrected chi connectivity index (χ3v) is 4.32. The van der Waals surface area contributed by atoms with Crippen LogP contribution in [0.15, 0.2) is 54.3 Å². The zero-order valence-corrected chi connectivity index (χ0v) is 15.2. The lowest BCUT2D eigenvalue weighted by Gasteiger charge is -2.51. The highest BCUT2D eigenvalue weighted by atomic mass is 16.5. The maximum absolute atomic E-state index is 11.8. The second kappa shape index (κ2) is 7.23. The number of rotatable bonds is 5. The van der Waals surface area contributed by atoms with Crippen LogP contribution in [0, 0.1) is 0 Å². The van der Waals surface area contributed by atoms with Gasteiger partial charge in [0.25, 0.3) is 0 Å². The van der Waals surface area contributed by atoms with Gasteiger partial charge in [0.05, 0.1) is 0 Å². The van der Waals surface area contributed by atoms with Crippen molar-refractivity contribution in [1.29, 1.82) is 0 Å². The van der Waals surface area contributed by atoms with Gasteiger partial charge in [0.1, 0.15) is 5.76 Å². The molecule has 0 aliphatic carbocycles. The number of ether oxygens (including phenoxy) is 1. The van der Waals surface area contributed by atoms with E-state index in [0.717, 1.165) is 18.7 Å². The molecule has 0 radical (unpaired) electrons. The number of carbonyl (C=O) groups is 2. The summed E-state index contributed by atoms with van der Waals surface area (Å²) in [6, 6.07) is 10.2. The second-order valence-electron chi connectivity index (χ2n) is 7.42. The molecule has 5 heteroatoms. The summed E-state index contributed by atoms with van der Waals surface area (Å²) >= 11 is 0.